The first-order valence-electron chi connectivity index (χ1n) is 9.53. The largest absolute Gasteiger partial charge is 0.384 e. The number of unbranched alkanes of at least 4 members (excludes halogenated alkanes) is 2. The van der Waals surface area contributed by atoms with Crippen molar-refractivity contribution in [3.8, 4) is 0 Å². The second-order valence-electron chi connectivity index (χ2n) is 6.86. The minimum Gasteiger partial charge on any atom is -0.384 e. The van der Waals surface area contributed by atoms with Gasteiger partial charge in [-0.2, -0.15) is 0 Å². The molecule has 0 fully saturated rings. The number of aromatic nitrogens is 5. The van der Waals surface area contributed by atoms with Crippen molar-refractivity contribution in [2.45, 2.75) is 44.3 Å². The van der Waals surface area contributed by atoms with Crippen LogP contribution >= 0.6 is 0 Å². The molecule has 0 amide bonds. The smallest absolute Gasteiger partial charge is 0.246 e. The molecule has 0 bridgehead atoms. The minimum absolute atomic E-state index is 0.0358. The second-order valence-corrected chi connectivity index (χ2v) is 8.86. The summed E-state index contributed by atoms with van der Waals surface area (Å²) in [5.41, 5.74) is 8.72. The van der Waals surface area contributed by atoms with Gasteiger partial charge in [0.1, 0.15) is 11.3 Å². The zero-order valence-electron chi connectivity index (χ0n) is 16.7. The Kier molecular flexibility index (Phi) is 6.75. The Labute approximate surface area is 170 Å². The highest BCUT2D eigenvalue weighted by Crippen LogP contribution is 2.24. The van der Waals surface area contributed by atoms with Crippen LogP contribution in [0.4, 0.5) is 5.82 Å². The Morgan fingerprint density at radius 3 is 2.62 bits per heavy atom. The summed E-state index contributed by atoms with van der Waals surface area (Å²) in [6.45, 7) is 3.27. The van der Waals surface area contributed by atoms with Crippen molar-refractivity contribution in [1.29, 1.82) is 0 Å². The second kappa shape index (κ2) is 9.27. The summed E-state index contributed by atoms with van der Waals surface area (Å²) in [6, 6.07) is 1.60. The van der Waals surface area contributed by atoms with Crippen molar-refractivity contribution in [3.05, 3.63) is 36.0 Å². The van der Waals surface area contributed by atoms with E-state index in [1.165, 1.54) is 12.4 Å². The Morgan fingerprint density at radius 1 is 1.14 bits per heavy atom. The summed E-state index contributed by atoms with van der Waals surface area (Å²) in [4.78, 5) is 16.6. The summed E-state index contributed by atoms with van der Waals surface area (Å²) >= 11 is 0. The number of fused-ring (bicyclic) bond motifs is 1. The van der Waals surface area contributed by atoms with Crippen molar-refractivity contribution in [1.82, 2.24) is 24.5 Å². The average molecular weight is 419 g/mol. The van der Waals surface area contributed by atoms with Crippen LogP contribution in [0.2, 0.25) is 0 Å². The van der Waals surface area contributed by atoms with E-state index in [4.69, 9.17) is 10.5 Å². The molecule has 3 rings (SSSR count). The molecule has 3 aromatic heterocycles. The van der Waals surface area contributed by atoms with Gasteiger partial charge in [0.2, 0.25) is 15.0 Å². The lowest BCUT2D eigenvalue weighted by molar-refractivity contribution is 0.199. The molecule has 0 aromatic carbocycles. The Bertz CT molecular complexity index is 1070. The number of ether oxygens (including phenoxy) is 1. The maximum atomic E-state index is 12.3. The minimum atomic E-state index is -3.44. The molecule has 0 aliphatic carbocycles. The highest BCUT2D eigenvalue weighted by Gasteiger charge is 2.18. The summed E-state index contributed by atoms with van der Waals surface area (Å²) in [6.07, 6.45) is 7.42. The summed E-state index contributed by atoms with van der Waals surface area (Å²) in [5, 5.41) is -0.110. The number of rotatable bonds is 10. The fraction of sp³-hybridized carbons (Fsp3) is 0.474. The number of nitrogens with zero attached hydrogens (tertiary/aromatic N) is 5. The normalized spacial score (nSPS) is 11.9. The van der Waals surface area contributed by atoms with Gasteiger partial charge in [-0.15, -0.1) is 0 Å². The van der Waals surface area contributed by atoms with Gasteiger partial charge in [-0.05, 0) is 31.4 Å². The van der Waals surface area contributed by atoms with Crippen LogP contribution in [0.5, 0.6) is 0 Å². The molecule has 10 heteroatoms. The van der Waals surface area contributed by atoms with Gasteiger partial charge < -0.3 is 15.0 Å². The van der Waals surface area contributed by atoms with E-state index >= 15 is 0 Å². The van der Waals surface area contributed by atoms with Crippen LogP contribution in [-0.4, -0.2) is 52.4 Å². The first-order valence-corrected chi connectivity index (χ1v) is 11.2. The number of pyridine rings is 1. The first kappa shape index (κ1) is 21.1. The van der Waals surface area contributed by atoms with E-state index in [0.29, 0.717) is 30.8 Å². The van der Waals surface area contributed by atoms with E-state index in [9.17, 15) is 8.42 Å². The molecular weight excluding hydrogens is 392 g/mol. The summed E-state index contributed by atoms with van der Waals surface area (Å²) in [5.74, 6) is 1.35. The number of anilines is 1. The SMILES string of the molecule is COCCc1nc2c(N)ncc(C)c2n1CCCCCS(=O)(=O)c1ncccn1. The van der Waals surface area contributed by atoms with Crippen molar-refractivity contribution in [2.75, 3.05) is 25.2 Å². The van der Waals surface area contributed by atoms with Gasteiger partial charge in [0.15, 0.2) is 5.82 Å². The maximum Gasteiger partial charge on any atom is 0.246 e. The third-order valence-electron chi connectivity index (χ3n) is 4.70. The van der Waals surface area contributed by atoms with Gasteiger partial charge in [-0.1, -0.05) is 6.42 Å². The fourth-order valence-electron chi connectivity index (χ4n) is 3.27. The van der Waals surface area contributed by atoms with Crippen molar-refractivity contribution in [2.24, 2.45) is 0 Å². The van der Waals surface area contributed by atoms with E-state index in [-0.39, 0.29) is 10.9 Å². The molecule has 0 spiro atoms. The van der Waals surface area contributed by atoms with E-state index in [1.807, 2.05) is 6.92 Å². The Balaban J connectivity index is 1.66. The van der Waals surface area contributed by atoms with Gasteiger partial charge in [0.05, 0.1) is 17.9 Å². The molecule has 0 atom stereocenters. The van der Waals surface area contributed by atoms with Crippen LogP contribution in [-0.2, 0) is 27.5 Å². The van der Waals surface area contributed by atoms with Crippen molar-refractivity contribution >= 4 is 26.7 Å². The summed E-state index contributed by atoms with van der Waals surface area (Å²) in [7, 11) is -1.79. The molecule has 0 aliphatic heterocycles. The molecule has 3 heterocycles. The van der Waals surface area contributed by atoms with Crippen LogP contribution in [0.25, 0.3) is 11.0 Å². The molecule has 156 valence electrons. The quantitative estimate of drug-likeness (QED) is 0.391. The van der Waals surface area contributed by atoms with Crippen LogP contribution < -0.4 is 5.73 Å². The maximum absolute atomic E-state index is 12.3. The van der Waals surface area contributed by atoms with E-state index in [2.05, 4.69) is 24.5 Å². The van der Waals surface area contributed by atoms with Crippen LogP contribution in [0, 0.1) is 6.92 Å². The number of methoxy groups -OCH3 is 1. The highest BCUT2D eigenvalue weighted by molar-refractivity contribution is 7.91. The molecule has 3 aromatic rings. The molecule has 0 saturated heterocycles. The van der Waals surface area contributed by atoms with Crippen LogP contribution in [0.15, 0.2) is 29.8 Å². The molecule has 0 unspecified atom stereocenters. The highest BCUT2D eigenvalue weighted by atomic mass is 32.2. The molecule has 29 heavy (non-hydrogen) atoms. The average Bonchev–Trinajstić information content (AvgIpc) is 3.09. The zero-order valence-corrected chi connectivity index (χ0v) is 17.5. The van der Waals surface area contributed by atoms with Crippen LogP contribution in [0.1, 0.15) is 30.7 Å². The molecular formula is C19H26N6O3S. The molecule has 0 saturated carbocycles. The third kappa shape index (κ3) is 4.88. The number of imidazole rings is 1. The standard InChI is InChI=1S/C19H26N6O3S/c1-14-13-23-18(20)16-17(14)25(15(24-16)7-11-28-2)10-4-3-5-12-29(26,27)19-21-8-6-9-22-19/h6,8-9,13H,3-5,7,10-12H2,1-2H3,(H2,20,23). The predicted octanol–water partition coefficient (Wildman–Crippen LogP) is 1.95. The predicted molar refractivity (Wildman–Crippen MR) is 110 cm³/mol. The number of nitrogen functional groups attached to an aromatic ring is 1. The summed E-state index contributed by atoms with van der Waals surface area (Å²) < 4.78 is 31.9. The molecule has 9 nitrogen and oxygen atoms in total. The lowest BCUT2D eigenvalue weighted by Crippen LogP contribution is -2.11. The van der Waals surface area contributed by atoms with Gasteiger partial charge >= 0.3 is 0 Å². The van der Waals surface area contributed by atoms with Gasteiger partial charge in [0, 0.05) is 38.7 Å². The van der Waals surface area contributed by atoms with Gasteiger partial charge in [-0.3, -0.25) is 0 Å². The van der Waals surface area contributed by atoms with Crippen molar-refractivity contribution < 1.29 is 13.2 Å². The van der Waals surface area contributed by atoms with E-state index in [1.54, 1.807) is 19.4 Å². The third-order valence-corrected chi connectivity index (χ3v) is 6.30. The van der Waals surface area contributed by atoms with Gasteiger partial charge in [0.25, 0.3) is 0 Å². The molecule has 0 radical (unpaired) electrons. The molecule has 0 aliphatic rings. The number of hydrogen-bond acceptors (Lipinski definition) is 8. The van der Waals surface area contributed by atoms with Crippen LogP contribution in [0.3, 0.4) is 0 Å². The topological polar surface area (TPSA) is 126 Å². The van der Waals surface area contributed by atoms with E-state index < -0.39 is 9.84 Å². The number of nitrogens with two attached hydrogens (primary N) is 1. The number of hydrogen-bond donors (Lipinski definition) is 1. The Morgan fingerprint density at radius 2 is 1.90 bits per heavy atom. The fourth-order valence-corrected chi connectivity index (χ4v) is 4.48. The first-order chi connectivity index (χ1) is 13.9. The van der Waals surface area contributed by atoms with Crippen molar-refractivity contribution in [3.63, 3.8) is 0 Å². The monoisotopic (exact) mass is 418 g/mol. The van der Waals surface area contributed by atoms with E-state index in [0.717, 1.165) is 36.3 Å². The lowest BCUT2D eigenvalue weighted by atomic mass is 10.2. The zero-order chi connectivity index (χ0) is 20.9. The lowest BCUT2D eigenvalue weighted by Gasteiger charge is -2.10. The number of sulfone groups is 1. The van der Waals surface area contributed by atoms with Gasteiger partial charge in [-0.25, -0.2) is 28.4 Å². The Hall–Kier alpha value is -2.59. The molecule has 2 N–H and O–H groups in total. The number of aryl methyl sites for hydroxylation is 2.